The molecule has 5 nitrogen and oxygen atoms in total. The van der Waals surface area contributed by atoms with Gasteiger partial charge in [0.2, 0.25) is 11.8 Å². The summed E-state index contributed by atoms with van der Waals surface area (Å²) in [7, 11) is 1.62. The molecule has 1 aliphatic rings. The van der Waals surface area contributed by atoms with E-state index in [2.05, 4.69) is 5.32 Å². The Balaban J connectivity index is 1.56. The lowest BCUT2D eigenvalue weighted by Crippen LogP contribution is -2.44. The summed E-state index contributed by atoms with van der Waals surface area (Å²) in [6, 6.07) is 17.2. The lowest BCUT2D eigenvalue weighted by Gasteiger charge is -2.24. The van der Waals surface area contributed by atoms with E-state index in [4.69, 9.17) is 4.74 Å². The van der Waals surface area contributed by atoms with Crippen LogP contribution in [0.25, 0.3) is 0 Å². The van der Waals surface area contributed by atoms with E-state index in [1.165, 1.54) is 5.56 Å². The fourth-order valence-corrected chi connectivity index (χ4v) is 3.22. The minimum Gasteiger partial charge on any atom is -0.497 e. The molecule has 0 saturated carbocycles. The first-order valence-electron chi connectivity index (χ1n) is 8.91. The van der Waals surface area contributed by atoms with Gasteiger partial charge in [0.15, 0.2) is 0 Å². The molecule has 1 aliphatic heterocycles. The molecule has 2 aromatic rings. The second-order valence-corrected chi connectivity index (χ2v) is 6.45. The lowest BCUT2D eigenvalue weighted by atomic mass is 10.1. The van der Waals surface area contributed by atoms with Crippen LogP contribution in [0.4, 0.5) is 0 Å². The van der Waals surface area contributed by atoms with Gasteiger partial charge in [0, 0.05) is 19.5 Å². The van der Waals surface area contributed by atoms with E-state index >= 15 is 0 Å². The van der Waals surface area contributed by atoms with Crippen LogP contribution in [0.5, 0.6) is 5.75 Å². The second-order valence-electron chi connectivity index (χ2n) is 6.45. The van der Waals surface area contributed by atoms with Gasteiger partial charge in [-0.25, -0.2) is 0 Å². The average molecular weight is 352 g/mol. The van der Waals surface area contributed by atoms with Crippen molar-refractivity contribution >= 4 is 11.8 Å². The molecule has 0 bridgehead atoms. The number of hydrogen-bond donors (Lipinski definition) is 1. The molecule has 0 spiro atoms. The number of likely N-dealkylation sites (tertiary alicyclic amines) is 1. The van der Waals surface area contributed by atoms with Gasteiger partial charge in [0.25, 0.3) is 0 Å². The Bertz CT molecular complexity index is 744. The minimum atomic E-state index is -0.389. The van der Waals surface area contributed by atoms with Crippen molar-refractivity contribution in [1.29, 1.82) is 0 Å². The highest BCUT2D eigenvalue weighted by molar-refractivity contribution is 5.90. The normalized spacial score (nSPS) is 16.6. The molecule has 5 heteroatoms. The molecule has 0 radical (unpaired) electrons. The van der Waals surface area contributed by atoms with Crippen molar-refractivity contribution in [1.82, 2.24) is 10.2 Å². The van der Waals surface area contributed by atoms with Crippen LogP contribution in [0, 0.1) is 0 Å². The van der Waals surface area contributed by atoms with Gasteiger partial charge in [-0.1, -0.05) is 42.5 Å². The highest BCUT2D eigenvalue weighted by Crippen LogP contribution is 2.22. The Morgan fingerprint density at radius 1 is 1.12 bits per heavy atom. The monoisotopic (exact) mass is 352 g/mol. The van der Waals surface area contributed by atoms with Gasteiger partial charge >= 0.3 is 0 Å². The maximum absolute atomic E-state index is 12.6. The van der Waals surface area contributed by atoms with Crippen LogP contribution in [0.2, 0.25) is 0 Å². The first-order valence-corrected chi connectivity index (χ1v) is 8.91. The lowest BCUT2D eigenvalue weighted by molar-refractivity contribution is -0.135. The molecule has 0 aromatic heterocycles. The smallest absolute Gasteiger partial charge is 0.242 e. The zero-order valence-corrected chi connectivity index (χ0v) is 15.0. The van der Waals surface area contributed by atoms with Gasteiger partial charge in [0.1, 0.15) is 11.8 Å². The van der Waals surface area contributed by atoms with E-state index in [9.17, 15) is 9.59 Å². The first-order chi connectivity index (χ1) is 12.7. The standard InChI is InChI=1S/C21H24N2O3/c1-26-18-9-7-17(8-10-18)15-23-19(11-12-20(23)24)21(25)22-14-13-16-5-3-2-4-6-16/h2-10,19H,11-15H2,1H3,(H,22,25). The Hall–Kier alpha value is -2.82. The van der Waals surface area contributed by atoms with Crippen LogP contribution in [-0.4, -0.2) is 36.4 Å². The molecule has 1 saturated heterocycles. The van der Waals surface area contributed by atoms with E-state index in [0.717, 1.165) is 17.7 Å². The summed E-state index contributed by atoms with van der Waals surface area (Å²) < 4.78 is 5.16. The van der Waals surface area contributed by atoms with Crippen molar-refractivity contribution in [3.05, 3.63) is 65.7 Å². The summed E-state index contributed by atoms with van der Waals surface area (Å²) in [4.78, 5) is 26.5. The van der Waals surface area contributed by atoms with Gasteiger partial charge < -0.3 is 15.0 Å². The highest BCUT2D eigenvalue weighted by Gasteiger charge is 2.35. The summed E-state index contributed by atoms with van der Waals surface area (Å²) in [5, 5.41) is 2.97. The fraction of sp³-hybridized carbons (Fsp3) is 0.333. The topological polar surface area (TPSA) is 58.6 Å². The fourth-order valence-electron chi connectivity index (χ4n) is 3.22. The zero-order chi connectivity index (χ0) is 18.4. The van der Waals surface area contributed by atoms with Crippen LogP contribution in [0.1, 0.15) is 24.0 Å². The third-order valence-corrected chi connectivity index (χ3v) is 4.70. The summed E-state index contributed by atoms with van der Waals surface area (Å²) in [6.07, 6.45) is 1.78. The number of amides is 2. The van der Waals surface area contributed by atoms with Gasteiger partial charge in [-0.05, 0) is 36.1 Å². The third kappa shape index (κ3) is 4.42. The van der Waals surface area contributed by atoms with Gasteiger partial charge in [0.05, 0.1) is 7.11 Å². The second kappa shape index (κ2) is 8.52. The number of methoxy groups -OCH3 is 1. The molecule has 1 fully saturated rings. The van der Waals surface area contributed by atoms with E-state index in [1.807, 2.05) is 54.6 Å². The molecule has 26 heavy (non-hydrogen) atoms. The summed E-state index contributed by atoms with van der Waals surface area (Å²) in [5.74, 6) is 0.737. The van der Waals surface area contributed by atoms with E-state index < -0.39 is 0 Å². The molecule has 0 aliphatic carbocycles. The van der Waals surface area contributed by atoms with Crippen LogP contribution in [0.3, 0.4) is 0 Å². The molecule has 136 valence electrons. The molecule has 1 heterocycles. The van der Waals surface area contributed by atoms with Crippen molar-refractivity contribution < 1.29 is 14.3 Å². The first kappa shape index (κ1) is 18.0. The predicted octanol–water partition coefficient (Wildman–Crippen LogP) is 2.55. The van der Waals surface area contributed by atoms with Crippen molar-refractivity contribution in [3.8, 4) is 5.75 Å². The van der Waals surface area contributed by atoms with Crippen LogP contribution < -0.4 is 10.1 Å². The Labute approximate surface area is 154 Å². The van der Waals surface area contributed by atoms with Gasteiger partial charge in [-0.15, -0.1) is 0 Å². The van der Waals surface area contributed by atoms with Gasteiger partial charge in [-0.3, -0.25) is 9.59 Å². The Morgan fingerprint density at radius 2 is 1.85 bits per heavy atom. The van der Waals surface area contributed by atoms with E-state index in [1.54, 1.807) is 12.0 Å². The number of ether oxygens (including phenoxy) is 1. The van der Waals surface area contributed by atoms with Crippen molar-refractivity contribution in [3.63, 3.8) is 0 Å². The SMILES string of the molecule is COc1ccc(CN2C(=O)CCC2C(=O)NCCc2ccccc2)cc1. The minimum absolute atomic E-state index is 0.0315. The predicted molar refractivity (Wildman–Crippen MR) is 99.7 cm³/mol. The number of benzene rings is 2. The van der Waals surface area contributed by atoms with Crippen LogP contribution in [-0.2, 0) is 22.6 Å². The summed E-state index contributed by atoms with van der Waals surface area (Å²) >= 11 is 0. The average Bonchev–Trinajstić information content (AvgIpc) is 3.04. The van der Waals surface area contributed by atoms with E-state index in [-0.39, 0.29) is 17.9 Å². The maximum atomic E-state index is 12.6. The quantitative estimate of drug-likeness (QED) is 0.833. The third-order valence-electron chi connectivity index (χ3n) is 4.70. The molecular formula is C21H24N2O3. The highest BCUT2D eigenvalue weighted by atomic mass is 16.5. The molecule has 1 unspecified atom stereocenters. The maximum Gasteiger partial charge on any atom is 0.242 e. The number of hydrogen-bond acceptors (Lipinski definition) is 3. The van der Waals surface area contributed by atoms with Crippen LogP contribution >= 0.6 is 0 Å². The molecule has 2 amide bonds. The number of carbonyl (C=O) groups is 2. The number of nitrogens with one attached hydrogen (secondary N) is 1. The summed E-state index contributed by atoms with van der Waals surface area (Å²) in [6.45, 7) is 1.02. The van der Waals surface area contributed by atoms with E-state index in [0.29, 0.717) is 25.9 Å². The molecule has 2 aromatic carbocycles. The Morgan fingerprint density at radius 3 is 2.54 bits per heavy atom. The number of nitrogens with zero attached hydrogens (tertiary/aromatic N) is 1. The molecule has 1 N–H and O–H groups in total. The van der Waals surface area contributed by atoms with Crippen LogP contribution in [0.15, 0.2) is 54.6 Å². The summed E-state index contributed by atoms with van der Waals surface area (Å²) in [5.41, 5.74) is 2.17. The number of rotatable bonds is 7. The largest absolute Gasteiger partial charge is 0.497 e. The molecular weight excluding hydrogens is 328 g/mol. The van der Waals surface area contributed by atoms with Crippen molar-refractivity contribution in [2.75, 3.05) is 13.7 Å². The van der Waals surface area contributed by atoms with Crippen molar-refractivity contribution in [2.45, 2.75) is 31.8 Å². The zero-order valence-electron chi connectivity index (χ0n) is 15.0. The Kier molecular flexibility index (Phi) is 5.89. The van der Waals surface area contributed by atoms with Crippen molar-refractivity contribution in [2.24, 2.45) is 0 Å². The number of carbonyl (C=O) groups excluding carboxylic acids is 2. The van der Waals surface area contributed by atoms with Gasteiger partial charge in [-0.2, -0.15) is 0 Å². The molecule has 1 atom stereocenters. The molecule has 3 rings (SSSR count).